The molecule has 128 valence electrons. The summed E-state index contributed by atoms with van der Waals surface area (Å²) < 4.78 is 5.05. The third kappa shape index (κ3) is 4.52. The van der Waals surface area contributed by atoms with Crippen molar-refractivity contribution >= 4 is 34.6 Å². The molecule has 1 amide bonds. The third-order valence-electron chi connectivity index (χ3n) is 3.42. The zero-order chi connectivity index (χ0) is 17.6. The molecule has 3 rings (SSSR count). The van der Waals surface area contributed by atoms with Crippen LogP contribution in [0.2, 0.25) is 0 Å². The van der Waals surface area contributed by atoms with Gasteiger partial charge in [-0.25, -0.2) is 9.78 Å². The van der Waals surface area contributed by atoms with Crippen LogP contribution in [0.3, 0.4) is 0 Å². The van der Waals surface area contributed by atoms with Gasteiger partial charge in [0.15, 0.2) is 12.3 Å². The smallest absolute Gasteiger partial charge is 0.358 e. The molecule has 25 heavy (non-hydrogen) atoms. The van der Waals surface area contributed by atoms with Gasteiger partial charge in [-0.1, -0.05) is 36.4 Å². The Hall–Kier alpha value is -2.51. The quantitative estimate of drug-likeness (QED) is 0.666. The largest absolute Gasteiger partial charge is 0.451 e. The summed E-state index contributed by atoms with van der Waals surface area (Å²) in [6.07, 6.45) is 0. The highest BCUT2D eigenvalue weighted by Crippen LogP contribution is 2.23. The molecule has 7 heteroatoms. The fourth-order valence-electron chi connectivity index (χ4n) is 2.18. The number of amides is 1. The number of ether oxygens (including phenoxy) is 1. The summed E-state index contributed by atoms with van der Waals surface area (Å²) in [6.45, 7) is 1.56. The predicted octanol–water partition coefficient (Wildman–Crippen LogP) is 3.91. The number of thiazole rings is 1. The van der Waals surface area contributed by atoms with Crippen LogP contribution in [0.4, 0.5) is 0 Å². The Kier molecular flexibility index (Phi) is 5.57. The molecule has 0 saturated carbocycles. The maximum atomic E-state index is 12.1. The number of benzene rings is 1. The average molecular weight is 372 g/mol. The normalized spacial score (nSPS) is 11.7. The van der Waals surface area contributed by atoms with Crippen LogP contribution >= 0.6 is 22.7 Å². The molecular weight excluding hydrogens is 356 g/mol. The van der Waals surface area contributed by atoms with Gasteiger partial charge < -0.3 is 10.1 Å². The first-order valence-corrected chi connectivity index (χ1v) is 9.40. The van der Waals surface area contributed by atoms with Crippen molar-refractivity contribution in [1.29, 1.82) is 0 Å². The van der Waals surface area contributed by atoms with Crippen molar-refractivity contribution < 1.29 is 14.3 Å². The highest BCUT2D eigenvalue weighted by molar-refractivity contribution is 7.13. The zero-order valence-corrected chi connectivity index (χ0v) is 15.1. The van der Waals surface area contributed by atoms with Crippen molar-refractivity contribution in [3.63, 3.8) is 0 Å². The maximum absolute atomic E-state index is 12.1. The van der Waals surface area contributed by atoms with Crippen LogP contribution in [0.1, 0.15) is 28.3 Å². The fourth-order valence-corrected chi connectivity index (χ4v) is 3.71. The minimum absolute atomic E-state index is 0.116. The van der Waals surface area contributed by atoms with E-state index < -0.39 is 5.97 Å². The fraction of sp³-hybridized carbons (Fsp3) is 0.167. The van der Waals surface area contributed by atoms with E-state index in [1.807, 2.05) is 54.8 Å². The topological polar surface area (TPSA) is 68.3 Å². The number of nitrogens with zero attached hydrogens (tertiary/aromatic N) is 1. The summed E-state index contributed by atoms with van der Waals surface area (Å²) in [4.78, 5) is 29.3. The van der Waals surface area contributed by atoms with Gasteiger partial charge in [-0.2, -0.15) is 0 Å². The summed E-state index contributed by atoms with van der Waals surface area (Å²) in [5, 5.41) is 7.12. The zero-order valence-electron chi connectivity index (χ0n) is 13.5. The van der Waals surface area contributed by atoms with Gasteiger partial charge in [-0.3, -0.25) is 4.79 Å². The molecule has 0 spiro atoms. The second-order valence-electron chi connectivity index (χ2n) is 5.28. The van der Waals surface area contributed by atoms with Crippen LogP contribution in [-0.2, 0) is 9.53 Å². The Labute approximate surface area is 153 Å². The molecule has 5 nitrogen and oxygen atoms in total. The molecule has 0 fully saturated rings. The number of aromatic nitrogens is 1. The van der Waals surface area contributed by atoms with E-state index in [0.717, 1.165) is 15.4 Å². The SMILES string of the molecule is C[C@H](NC(=O)COC(=O)c1csc(-c2ccccc2)n1)c1cccs1. The number of carbonyl (C=O) groups excluding carboxylic acids is 2. The van der Waals surface area contributed by atoms with Crippen molar-refractivity contribution in [3.8, 4) is 10.6 Å². The first-order valence-electron chi connectivity index (χ1n) is 7.64. The van der Waals surface area contributed by atoms with E-state index in [2.05, 4.69) is 10.3 Å². The summed E-state index contributed by atoms with van der Waals surface area (Å²) in [6, 6.07) is 13.3. The lowest BCUT2D eigenvalue weighted by Gasteiger charge is -2.11. The molecule has 1 N–H and O–H groups in total. The summed E-state index contributed by atoms with van der Waals surface area (Å²) in [7, 11) is 0. The minimum Gasteiger partial charge on any atom is -0.451 e. The molecule has 3 aromatic rings. The van der Waals surface area contributed by atoms with Crippen LogP contribution < -0.4 is 5.32 Å². The van der Waals surface area contributed by atoms with Crippen LogP contribution in [0.5, 0.6) is 0 Å². The van der Waals surface area contributed by atoms with Crippen molar-refractivity contribution in [3.05, 3.63) is 63.8 Å². The molecule has 0 unspecified atom stereocenters. The molecule has 2 aromatic heterocycles. The highest BCUT2D eigenvalue weighted by Gasteiger charge is 2.16. The standard InChI is InChI=1S/C18H16N2O3S2/c1-12(15-8-5-9-24-15)19-16(21)10-23-18(22)14-11-25-17(20-14)13-6-3-2-4-7-13/h2-9,11-12H,10H2,1H3,(H,19,21)/t12-/m0/s1. The number of hydrogen-bond donors (Lipinski definition) is 1. The van der Waals surface area contributed by atoms with E-state index in [-0.39, 0.29) is 24.2 Å². The second kappa shape index (κ2) is 8.04. The molecule has 0 aliphatic carbocycles. The van der Waals surface area contributed by atoms with Crippen molar-refractivity contribution in [2.45, 2.75) is 13.0 Å². The molecule has 0 bridgehead atoms. The maximum Gasteiger partial charge on any atom is 0.358 e. The molecule has 2 heterocycles. The van der Waals surface area contributed by atoms with E-state index in [4.69, 9.17) is 4.74 Å². The van der Waals surface area contributed by atoms with E-state index in [9.17, 15) is 9.59 Å². The summed E-state index contributed by atoms with van der Waals surface area (Å²) in [5.41, 5.74) is 1.15. The lowest BCUT2D eigenvalue weighted by atomic mass is 10.2. The van der Waals surface area contributed by atoms with Crippen LogP contribution in [0.25, 0.3) is 10.6 Å². The first-order chi connectivity index (χ1) is 12.1. The Morgan fingerprint density at radius 1 is 1.16 bits per heavy atom. The van der Waals surface area contributed by atoms with E-state index in [1.165, 1.54) is 11.3 Å². The number of nitrogens with one attached hydrogen (secondary N) is 1. The van der Waals surface area contributed by atoms with Gasteiger partial charge in [0.05, 0.1) is 6.04 Å². The van der Waals surface area contributed by atoms with Gasteiger partial charge in [0.2, 0.25) is 0 Å². The number of rotatable bonds is 6. The van der Waals surface area contributed by atoms with Gasteiger partial charge in [-0.15, -0.1) is 22.7 Å². The number of esters is 1. The highest BCUT2D eigenvalue weighted by atomic mass is 32.1. The van der Waals surface area contributed by atoms with Crippen LogP contribution in [0, 0.1) is 0 Å². The second-order valence-corrected chi connectivity index (χ2v) is 7.12. The number of carbonyl (C=O) groups is 2. The lowest BCUT2D eigenvalue weighted by molar-refractivity contribution is -0.124. The van der Waals surface area contributed by atoms with E-state index in [0.29, 0.717) is 0 Å². The van der Waals surface area contributed by atoms with Crippen molar-refractivity contribution in [1.82, 2.24) is 10.3 Å². The van der Waals surface area contributed by atoms with Gasteiger partial charge in [0.1, 0.15) is 5.01 Å². The molecule has 0 aliphatic heterocycles. The van der Waals surface area contributed by atoms with Crippen LogP contribution in [-0.4, -0.2) is 23.5 Å². The molecule has 0 radical (unpaired) electrons. The lowest BCUT2D eigenvalue weighted by Crippen LogP contribution is -2.30. The Balaban J connectivity index is 1.52. The summed E-state index contributed by atoms with van der Waals surface area (Å²) in [5.74, 6) is -0.940. The average Bonchev–Trinajstić information content (AvgIpc) is 3.32. The summed E-state index contributed by atoms with van der Waals surface area (Å²) >= 11 is 2.93. The molecular formula is C18H16N2O3S2. The van der Waals surface area contributed by atoms with Gasteiger partial charge in [-0.05, 0) is 18.4 Å². The van der Waals surface area contributed by atoms with Crippen molar-refractivity contribution in [2.75, 3.05) is 6.61 Å². The molecule has 0 aliphatic rings. The minimum atomic E-state index is -0.600. The van der Waals surface area contributed by atoms with Crippen molar-refractivity contribution in [2.24, 2.45) is 0 Å². The first kappa shape index (κ1) is 17.3. The van der Waals surface area contributed by atoms with Gasteiger partial charge in [0, 0.05) is 15.8 Å². The number of hydrogen-bond acceptors (Lipinski definition) is 6. The Morgan fingerprint density at radius 3 is 2.68 bits per heavy atom. The predicted molar refractivity (Wildman–Crippen MR) is 98.7 cm³/mol. The van der Waals surface area contributed by atoms with Gasteiger partial charge in [0.25, 0.3) is 5.91 Å². The molecule has 1 atom stereocenters. The molecule has 1 aromatic carbocycles. The van der Waals surface area contributed by atoms with Crippen LogP contribution in [0.15, 0.2) is 53.2 Å². The Morgan fingerprint density at radius 2 is 1.96 bits per heavy atom. The van der Waals surface area contributed by atoms with E-state index in [1.54, 1.807) is 16.7 Å². The molecule has 0 saturated heterocycles. The Bertz CT molecular complexity index is 844. The monoisotopic (exact) mass is 372 g/mol. The third-order valence-corrected chi connectivity index (χ3v) is 5.36. The van der Waals surface area contributed by atoms with Gasteiger partial charge >= 0.3 is 5.97 Å². The number of thiophene rings is 1. The van der Waals surface area contributed by atoms with E-state index >= 15 is 0 Å².